The van der Waals surface area contributed by atoms with Crippen LogP contribution in [0.1, 0.15) is 4.88 Å². The van der Waals surface area contributed by atoms with Crippen LogP contribution < -0.4 is 0 Å². The van der Waals surface area contributed by atoms with Crippen LogP contribution in [-0.2, 0) is 0 Å². The van der Waals surface area contributed by atoms with E-state index in [0.717, 1.165) is 0 Å². The van der Waals surface area contributed by atoms with E-state index in [4.69, 9.17) is 9.78 Å². The zero-order valence-electron chi connectivity index (χ0n) is 9.50. The molecule has 19 heavy (non-hydrogen) atoms. The van der Waals surface area contributed by atoms with E-state index in [0.29, 0.717) is 9.75 Å². The number of hydrogen-bond donors (Lipinski definition) is 0. The summed E-state index contributed by atoms with van der Waals surface area (Å²) in [7, 11) is 0. The normalized spacial score (nSPS) is 10.3. The second-order valence-corrected chi connectivity index (χ2v) is 4.76. The van der Waals surface area contributed by atoms with Gasteiger partial charge in [-0.25, -0.2) is 4.39 Å². The van der Waals surface area contributed by atoms with Gasteiger partial charge in [-0.3, -0.25) is 0 Å². The Bertz CT molecular complexity index is 772. The number of thiophene rings is 1. The summed E-state index contributed by atoms with van der Waals surface area (Å²) in [5.41, 5.74) is 0.287. The van der Waals surface area contributed by atoms with Crippen LogP contribution in [0.3, 0.4) is 0 Å². The van der Waals surface area contributed by atoms with E-state index in [1.165, 1.54) is 17.4 Å². The molecular weight excluding hydrogens is 265 g/mol. The Morgan fingerprint density at radius 3 is 2.79 bits per heavy atom. The molecule has 92 valence electrons. The molecule has 4 nitrogen and oxygen atoms in total. The minimum absolute atomic E-state index is 0.194. The van der Waals surface area contributed by atoms with E-state index in [-0.39, 0.29) is 17.3 Å². The highest BCUT2D eigenvalue weighted by molar-refractivity contribution is 7.15. The lowest BCUT2D eigenvalue weighted by molar-refractivity contribution is 0.433. The quantitative estimate of drug-likeness (QED) is 0.715. The Labute approximate surface area is 111 Å². The fourth-order valence-corrected chi connectivity index (χ4v) is 2.31. The van der Waals surface area contributed by atoms with Crippen molar-refractivity contribution in [2.45, 2.75) is 0 Å². The molecule has 6 heteroatoms. The van der Waals surface area contributed by atoms with Crippen LogP contribution in [0, 0.1) is 17.1 Å². The lowest BCUT2D eigenvalue weighted by Crippen LogP contribution is -1.85. The Balaban J connectivity index is 2.00. The third-order valence-electron chi connectivity index (χ3n) is 2.47. The third kappa shape index (κ3) is 2.11. The van der Waals surface area contributed by atoms with Gasteiger partial charge in [0.15, 0.2) is 0 Å². The molecule has 0 saturated carbocycles. The number of benzene rings is 1. The minimum Gasteiger partial charge on any atom is -0.333 e. The highest BCUT2D eigenvalue weighted by Crippen LogP contribution is 2.28. The second kappa shape index (κ2) is 4.63. The first-order valence-corrected chi connectivity index (χ1v) is 6.18. The highest BCUT2D eigenvalue weighted by Gasteiger charge is 2.14. The Hall–Kier alpha value is -2.52. The van der Waals surface area contributed by atoms with Crippen molar-refractivity contribution in [3.05, 3.63) is 47.1 Å². The molecule has 3 rings (SSSR count). The number of halogens is 1. The van der Waals surface area contributed by atoms with Crippen LogP contribution in [0.5, 0.6) is 0 Å². The van der Waals surface area contributed by atoms with Crippen molar-refractivity contribution >= 4 is 11.3 Å². The zero-order valence-corrected chi connectivity index (χ0v) is 10.3. The monoisotopic (exact) mass is 271 g/mol. The van der Waals surface area contributed by atoms with Crippen molar-refractivity contribution in [3.63, 3.8) is 0 Å². The molecular formula is C13H6FN3OS. The van der Waals surface area contributed by atoms with Gasteiger partial charge in [0.1, 0.15) is 16.8 Å². The number of aromatic nitrogens is 2. The SMILES string of the molecule is N#Cc1ccc(-c2nc(-c3ccccc3F)no2)s1. The van der Waals surface area contributed by atoms with Gasteiger partial charge < -0.3 is 4.52 Å². The van der Waals surface area contributed by atoms with E-state index >= 15 is 0 Å². The van der Waals surface area contributed by atoms with E-state index in [1.54, 1.807) is 30.3 Å². The van der Waals surface area contributed by atoms with E-state index < -0.39 is 5.82 Å². The minimum atomic E-state index is -0.404. The van der Waals surface area contributed by atoms with Gasteiger partial charge >= 0.3 is 0 Å². The molecule has 0 amide bonds. The zero-order chi connectivity index (χ0) is 13.2. The maximum atomic E-state index is 13.6. The molecule has 0 aliphatic carbocycles. The molecule has 0 spiro atoms. The first kappa shape index (κ1) is 11.6. The smallest absolute Gasteiger partial charge is 0.268 e. The molecule has 2 heterocycles. The van der Waals surface area contributed by atoms with Crippen LogP contribution >= 0.6 is 11.3 Å². The number of nitriles is 1. The van der Waals surface area contributed by atoms with Crippen molar-refractivity contribution in [1.29, 1.82) is 5.26 Å². The average molecular weight is 271 g/mol. The molecule has 0 aliphatic heterocycles. The van der Waals surface area contributed by atoms with Crippen LogP contribution in [0.2, 0.25) is 0 Å². The molecule has 0 aliphatic rings. The highest BCUT2D eigenvalue weighted by atomic mass is 32.1. The Kier molecular flexibility index (Phi) is 2.82. The number of nitrogens with zero attached hydrogens (tertiary/aromatic N) is 3. The van der Waals surface area contributed by atoms with Gasteiger partial charge in [0.25, 0.3) is 5.89 Å². The van der Waals surface area contributed by atoms with Gasteiger partial charge in [-0.15, -0.1) is 11.3 Å². The fraction of sp³-hybridized carbons (Fsp3) is 0. The predicted octanol–water partition coefficient (Wildman–Crippen LogP) is 3.48. The molecule has 0 atom stereocenters. The van der Waals surface area contributed by atoms with Gasteiger partial charge in [0, 0.05) is 0 Å². The average Bonchev–Trinajstić information content (AvgIpc) is 3.08. The molecule has 0 bridgehead atoms. The van der Waals surface area contributed by atoms with Gasteiger partial charge in [0.2, 0.25) is 5.82 Å². The number of hydrogen-bond acceptors (Lipinski definition) is 5. The predicted molar refractivity (Wildman–Crippen MR) is 67.7 cm³/mol. The summed E-state index contributed by atoms with van der Waals surface area (Å²) >= 11 is 1.25. The van der Waals surface area contributed by atoms with Crippen molar-refractivity contribution in [2.24, 2.45) is 0 Å². The molecule has 0 fully saturated rings. The third-order valence-corrected chi connectivity index (χ3v) is 3.45. The standard InChI is InChI=1S/C13H6FN3OS/c14-10-4-2-1-3-9(10)12-16-13(18-17-12)11-6-5-8(7-15)19-11/h1-6H. The van der Waals surface area contributed by atoms with Crippen molar-refractivity contribution in [3.8, 4) is 28.2 Å². The van der Waals surface area contributed by atoms with Crippen LogP contribution in [-0.4, -0.2) is 10.1 Å². The van der Waals surface area contributed by atoms with Gasteiger partial charge in [-0.05, 0) is 24.3 Å². The summed E-state index contributed by atoms with van der Waals surface area (Å²) in [6.07, 6.45) is 0. The molecule has 0 radical (unpaired) electrons. The maximum absolute atomic E-state index is 13.6. The van der Waals surface area contributed by atoms with Gasteiger partial charge in [-0.2, -0.15) is 10.2 Å². The molecule has 3 aromatic rings. The van der Waals surface area contributed by atoms with Gasteiger partial charge in [0.05, 0.1) is 10.4 Å². The van der Waals surface area contributed by atoms with E-state index in [9.17, 15) is 4.39 Å². The Morgan fingerprint density at radius 2 is 2.05 bits per heavy atom. The van der Waals surface area contributed by atoms with Crippen molar-refractivity contribution < 1.29 is 8.91 Å². The summed E-state index contributed by atoms with van der Waals surface area (Å²) in [6.45, 7) is 0. The molecule has 1 aromatic carbocycles. The largest absolute Gasteiger partial charge is 0.333 e. The summed E-state index contributed by atoms with van der Waals surface area (Å²) in [6, 6.07) is 11.6. The van der Waals surface area contributed by atoms with Crippen LogP contribution in [0.25, 0.3) is 22.2 Å². The van der Waals surface area contributed by atoms with Crippen molar-refractivity contribution in [2.75, 3.05) is 0 Å². The summed E-state index contributed by atoms with van der Waals surface area (Å²) in [5.74, 6) is 0.0727. The molecule has 0 unspecified atom stereocenters. The summed E-state index contributed by atoms with van der Waals surface area (Å²) in [4.78, 5) is 5.39. The topological polar surface area (TPSA) is 62.7 Å². The second-order valence-electron chi connectivity index (χ2n) is 3.68. The van der Waals surface area contributed by atoms with Crippen LogP contribution in [0.4, 0.5) is 4.39 Å². The lowest BCUT2D eigenvalue weighted by Gasteiger charge is -1.94. The first-order chi connectivity index (χ1) is 9.28. The van der Waals surface area contributed by atoms with Crippen molar-refractivity contribution in [1.82, 2.24) is 10.1 Å². The molecule has 2 aromatic heterocycles. The maximum Gasteiger partial charge on any atom is 0.268 e. The first-order valence-electron chi connectivity index (χ1n) is 5.37. The Morgan fingerprint density at radius 1 is 1.21 bits per heavy atom. The van der Waals surface area contributed by atoms with Crippen LogP contribution in [0.15, 0.2) is 40.9 Å². The lowest BCUT2D eigenvalue weighted by atomic mass is 10.2. The van der Waals surface area contributed by atoms with Gasteiger partial charge in [-0.1, -0.05) is 17.3 Å². The molecule has 0 N–H and O–H groups in total. The van der Waals surface area contributed by atoms with E-state index in [2.05, 4.69) is 10.1 Å². The summed E-state index contributed by atoms with van der Waals surface area (Å²) < 4.78 is 18.7. The molecule has 0 saturated heterocycles. The fourth-order valence-electron chi connectivity index (χ4n) is 1.59. The summed E-state index contributed by atoms with van der Waals surface area (Å²) in [5, 5.41) is 12.5. The van der Waals surface area contributed by atoms with E-state index in [1.807, 2.05) is 6.07 Å². The number of rotatable bonds is 2.